The molecular weight excluding hydrogens is 521 g/mol. The van der Waals surface area contributed by atoms with E-state index in [1.807, 2.05) is 0 Å². The zero-order valence-corrected chi connectivity index (χ0v) is 23.0. The Morgan fingerprint density at radius 2 is 1.03 bits per heavy atom. The van der Waals surface area contributed by atoms with Crippen molar-refractivity contribution in [1.29, 1.82) is 0 Å². The molecule has 0 aliphatic carbocycles. The summed E-state index contributed by atoms with van der Waals surface area (Å²) in [4.78, 5) is 21.7. The van der Waals surface area contributed by atoms with Gasteiger partial charge in [-0.1, -0.05) is 13.2 Å². The monoisotopic (exact) mass is 546 g/mol. The van der Waals surface area contributed by atoms with Crippen LogP contribution in [0.25, 0.3) is 0 Å². The fraction of sp³-hybridized carbons (Fsp3) is 0.625. The molecule has 0 heterocycles. The average Bonchev–Trinajstić information content (AvgIpc) is 2.59. The summed E-state index contributed by atoms with van der Waals surface area (Å²) in [5.41, 5.74) is 0.643. The van der Waals surface area contributed by atoms with Crippen LogP contribution in [0.2, 0.25) is 0 Å². The number of hydrogen-bond acceptors (Lipinski definition) is 12. The van der Waals surface area contributed by atoms with Crippen molar-refractivity contribution in [3.63, 3.8) is 0 Å². The van der Waals surface area contributed by atoms with Crippen LogP contribution in [-0.4, -0.2) is 123 Å². The number of rotatable bonds is 14. The predicted octanol–water partition coefficient (Wildman–Crippen LogP) is 0.387. The molecule has 0 aliphatic rings. The molecule has 15 heteroatoms. The largest absolute Gasteiger partial charge is 2.00 e. The third-order valence-corrected chi connectivity index (χ3v) is 6.40. The first-order chi connectivity index (χ1) is 13.7. The minimum Gasteiger partial charge on any atom is -0.748 e. The van der Waals surface area contributed by atoms with Crippen molar-refractivity contribution in [3.05, 3.63) is 24.3 Å². The smallest absolute Gasteiger partial charge is 0.748 e. The van der Waals surface area contributed by atoms with Crippen LogP contribution in [0.15, 0.2) is 24.3 Å². The maximum atomic E-state index is 10.9. The summed E-state index contributed by atoms with van der Waals surface area (Å²) in [7, 11) is -8.27. The number of carbonyl (C=O) groups is 2. The molecule has 0 aromatic carbocycles. The van der Waals surface area contributed by atoms with E-state index in [4.69, 9.17) is 9.47 Å². The first kappa shape index (κ1) is 35.8. The van der Waals surface area contributed by atoms with Crippen LogP contribution in [-0.2, 0) is 39.3 Å². The van der Waals surface area contributed by atoms with Crippen LogP contribution in [0.1, 0.15) is 13.8 Å². The molecule has 0 bridgehead atoms. The molecular formula is C16H26CaO10S4. The first-order valence-corrected chi connectivity index (χ1v) is 13.8. The number of esters is 2. The number of carbonyl (C=O) groups excluding carboxylic acids is 2. The van der Waals surface area contributed by atoms with E-state index in [2.05, 4.69) is 13.2 Å². The topological polar surface area (TPSA) is 167 Å². The van der Waals surface area contributed by atoms with Gasteiger partial charge in [0.15, 0.2) is 0 Å². The number of thioether (sulfide) groups is 2. The van der Waals surface area contributed by atoms with E-state index in [1.165, 1.54) is 23.5 Å². The zero-order chi connectivity index (χ0) is 23.8. The second kappa shape index (κ2) is 19.6. The molecule has 0 atom stereocenters. The van der Waals surface area contributed by atoms with Gasteiger partial charge in [-0.25, -0.2) is 26.4 Å². The van der Waals surface area contributed by atoms with E-state index >= 15 is 0 Å². The Morgan fingerprint density at radius 1 is 0.742 bits per heavy atom. The maximum absolute atomic E-state index is 10.9. The fourth-order valence-corrected chi connectivity index (χ4v) is 4.55. The quantitative estimate of drug-likeness (QED) is 0.0967. The Labute approximate surface area is 222 Å². The molecule has 0 saturated carbocycles. The van der Waals surface area contributed by atoms with Crippen molar-refractivity contribution in [2.45, 2.75) is 13.8 Å². The van der Waals surface area contributed by atoms with Crippen LogP contribution in [0, 0.1) is 0 Å². The summed E-state index contributed by atoms with van der Waals surface area (Å²) in [5.74, 6) is -0.354. The molecule has 10 nitrogen and oxygen atoms in total. The van der Waals surface area contributed by atoms with Crippen LogP contribution in [0.5, 0.6) is 0 Å². The molecule has 0 unspecified atom stereocenters. The van der Waals surface area contributed by atoms with Crippen LogP contribution >= 0.6 is 23.5 Å². The van der Waals surface area contributed by atoms with E-state index in [0.717, 1.165) is 0 Å². The summed E-state index contributed by atoms with van der Waals surface area (Å²) in [6.45, 7) is 10.3. The Balaban J connectivity index is -0.000000490. The van der Waals surface area contributed by atoms with Crippen molar-refractivity contribution >= 4 is 93.4 Å². The average molecular weight is 547 g/mol. The van der Waals surface area contributed by atoms with Crippen LogP contribution < -0.4 is 0 Å². The fourth-order valence-electron chi connectivity index (χ4n) is 1.16. The summed E-state index contributed by atoms with van der Waals surface area (Å²) in [5, 5.41) is 0. The summed E-state index contributed by atoms with van der Waals surface area (Å²) in [6, 6.07) is 0. The number of ether oxygens (including phenoxy) is 2. The number of hydrogen-bond donors (Lipinski definition) is 0. The Morgan fingerprint density at radius 3 is 1.26 bits per heavy atom. The van der Waals surface area contributed by atoms with Gasteiger partial charge in [-0.05, 0) is 13.8 Å². The van der Waals surface area contributed by atoms with Gasteiger partial charge in [0.1, 0.15) is 13.2 Å². The van der Waals surface area contributed by atoms with E-state index < -0.39 is 43.7 Å². The maximum Gasteiger partial charge on any atom is 2.00 e. The first-order valence-electron chi connectivity index (χ1n) is 8.33. The molecule has 0 aromatic heterocycles. The minimum absolute atomic E-state index is 0. The molecule has 0 rings (SSSR count). The van der Waals surface area contributed by atoms with Crippen molar-refractivity contribution in [2.24, 2.45) is 0 Å². The van der Waals surface area contributed by atoms with E-state index in [-0.39, 0.29) is 62.5 Å². The molecule has 176 valence electrons. The van der Waals surface area contributed by atoms with Gasteiger partial charge in [-0.3, -0.25) is 0 Å². The van der Waals surface area contributed by atoms with Gasteiger partial charge >= 0.3 is 49.7 Å². The summed E-state index contributed by atoms with van der Waals surface area (Å²) >= 11 is 2.50. The van der Waals surface area contributed by atoms with E-state index in [1.54, 1.807) is 13.8 Å². The van der Waals surface area contributed by atoms with E-state index in [9.17, 15) is 35.5 Å². The zero-order valence-electron chi connectivity index (χ0n) is 17.5. The van der Waals surface area contributed by atoms with Gasteiger partial charge in [-0.2, -0.15) is 23.5 Å². The summed E-state index contributed by atoms with van der Waals surface area (Å²) < 4.78 is 70.7. The van der Waals surface area contributed by atoms with Gasteiger partial charge in [0.05, 0.1) is 20.2 Å². The predicted molar refractivity (Wildman–Crippen MR) is 121 cm³/mol. The SMILES string of the molecule is C=C(C)C(=O)OCCSCCS(=O)(=O)[O-].C=C(C)C(=O)OCCSCCS(=O)(=O)[O-].[Ca+2]. The molecule has 0 amide bonds. The standard InChI is InChI=1S/2C8H14O5S2.Ca/c2*1-7(2)8(9)13-3-4-14-5-6-15(10,11)12;/h2*1,3-6H2,2H3,(H,10,11,12);/q;;+2/p-2. The Bertz CT molecular complexity index is 712. The Hall–Kier alpha value is 0.200. The molecule has 0 radical (unpaired) electrons. The van der Waals surface area contributed by atoms with Crippen LogP contribution in [0.3, 0.4) is 0 Å². The van der Waals surface area contributed by atoms with Crippen molar-refractivity contribution in [3.8, 4) is 0 Å². The minimum atomic E-state index is -4.13. The van der Waals surface area contributed by atoms with Crippen LogP contribution in [0.4, 0.5) is 0 Å². The molecule has 0 fully saturated rings. The molecule has 0 saturated heterocycles. The molecule has 0 aromatic rings. The molecule has 31 heavy (non-hydrogen) atoms. The second-order valence-corrected chi connectivity index (χ2v) is 11.1. The van der Waals surface area contributed by atoms with Crippen molar-refractivity contribution in [2.75, 3.05) is 47.7 Å². The third kappa shape index (κ3) is 30.2. The van der Waals surface area contributed by atoms with Gasteiger partial charge < -0.3 is 18.6 Å². The Kier molecular flexibility index (Phi) is 22.7. The van der Waals surface area contributed by atoms with Gasteiger partial charge in [0, 0.05) is 45.7 Å². The van der Waals surface area contributed by atoms with E-state index in [0.29, 0.717) is 22.7 Å². The summed E-state index contributed by atoms with van der Waals surface area (Å²) in [6.07, 6.45) is 0. The normalized spacial score (nSPS) is 10.7. The molecule has 0 N–H and O–H groups in total. The van der Waals surface area contributed by atoms with Gasteiger partial charge in [-0.15, -0.1) is 0 Å². The van der Waals surface area contributed by atoms with Crippen molar-refractivity contribution < 1.29 is 45.0 Å². The van der Waals surface area contributed by atoms with Crippen molar-refractivity contribution in [1.82, 2.24) is 0 Å². The molecule has 0 aliphatic heterocycles. The van der Waals surface area contributed by atoms with Gasteiger partial charge in [0.2, 0.25) is 0 Å². The molecule has 0 spiro atoms. The van der Waals surface area contributed by atoms with Gasteiger partial charge in [0.25, 0.3) is 0 Å². The third-order valence-electron chi connectivity index (χ3n) is 2.57. The second-order valence-electron chi connectivity index (χ2n) is 5.58.